The maximum atomic E-state index is 11.8. The van der Waals surface area contributed by atoms with Crippen molar-refractivity contribution in [1.82, 2.24) is 9.97 Å². The average Bonchev–Trinajstić information content (AvgIpc) is 2.48. The van der Waals surface area contributed by atoms with Gasteiger partial charge in [0, 0.05) is 12.6 Å². The van der Waals surface area contributed by atoms with E-state index in [1.807, 2.05) is 29.2 Å². The number of carbonyl (C=O) groups excluding carboxylic acids is 1. The number of amides is 1. The fourth-order valence-electron chi connectivity index (χ4n) is 1.87. The van der Waals surface area contributed by atoms with E-state index < -0.39 is 11.2 Å². The van der Waals surface area contributed by atoms with Crippen LogP contribution in [0.15, 0.2) is 40.1 Å². The molecule has 2 rings (SSSR count). The number of hydrogen-bond acceptors (Lipinski definition) is 4. The van der Waals surface area contributed by atoms with Crippen molar-refractivity contribution in [1.29, 1.82) is 0 Å². The molecule has 21 heavy (non-hydrogen) atoms. The van der Waals surface area contributed by atoms with Crippen LogP contribution in [-0.2, 0) is 11.2 Å². The first-order valence-corrected chi connectivity index (χ1v) is 6.34. The van der Waals surface area contributed by atoms with Crippen molar-refractivity contribution in [3.05, 3.63) is 56.9 Å². The first-order valence-electron chi connectivity index (χ1n) is 6.34. The van der Waals surface area contributed by atoms with E-state index in [1.54, 1.807) is 7.11 Å². The van der Waals surface area contributed by atoms with Gasteiger partial charge in [-0.25, -0.2) is 4.79 Å². The fourth-order valence-corrected chi connectivity index (χ4v) is 1.87. The van der Waals surface area contributed by atoms with E-state index in [2.05, 4.69) is 10.3 Å². The number of benzene rings is 1. The van der Waals surface area contributed by atoms with Crippen molar-refractivity contribution < 1.29 is 9.53 Å². The Morgan fingerprint density at radius 3 is 2.76 bits per heavy atom. The monoisotopic (exact) mass is 289 g/mol. The summed E-state index contributed by atoms with van der Waals surface area (Å²) in [6.07, 6.45) is 1.85. The van der Waals surface area contributed by atoms with E-state index in [4.69, 9.17) is 4.74 Å². The molecular formula is C14H15N3O4. The van der Waals surface area contributed by atoms with Gasteiger partial charge in [-0.3, -0.25) is 14.6 Å². The van der Waals surface area contributed by atoms with Gasteiger partial charge in [-0.15, -0.1) is 0 Å². The summed E-state index contributed by atoms with van der Waals surface area (Å²) < 4.78 is 5.20. The molecule has 0 saturated heterocycles. The van der Waals surface area contributed by atoms with Crippen molar-refractivity contribution in [3.63, 3.8) is 0 Å². The fraction of sp³-hybridized carbons (Fsp3) is 0.214. The number of aromatic nitrogens is 2. The SMILES string of the molecule is COc1ccccc1CCC(=O)Nc1c[nH]c(=O)[nH]c1=O. The van der Waals surface area contributed by atoms with Crippen molar-refractivity contribution in [2.45, 2.75) is 12.8 Å². The molecule has 0 aliphatic rings. The Morgan fingerprint density at radius 2 is 2.05 bits per heavy atom. The second-order valence-corrected chi connectivity index (χ2v) is 4.35. The quantitative estimate of drug-likeness (QED) is 0.751. The average molecular weight is 289 g/mol. The predicted molar refractivity (Wildman–Crippen MR) is 77.6 cm³/mol. The van der Waals surface area contributed by atoms with Crippen LogP contribution in [0.25, 0.3) is 0 Å². The zero-order valence-corrected chi connectivity index (χ0v) is 11.4. The lowest BCUT2D eigenvalue weighted by molar-refractivity contribution is -0.116. The molecule has 0 aliphatic carbocycles. The highest BCUT2D eigenvalue weighted by Gasteiger charge is 2.08. The topological polar surface area (TPSA) is 104 Å². The summed E-state index contributed by atoms with van der Waals surface area (Å²) in [5.74, 6) is 0.394. The predicted octanol–water partition coefficient (Wildman–Crippen LogP) is 0.643. The summed E-state index contributed by atoms with van der Waals surface area (Å²) in [5.41, 5.74) is -0.332. The summed E-state index contributed by atoms with van der Waals surface area (Å²) in [7, 11) is 1.57. The standard InChI is InChI=1S/C14H15N3O4/c1-21-11-5-3-2-4-9(11)6-7-12(18)16-10-8-15-14(20)17-13(10)19/h2-5,8H,6-7H2,1H3,(H,16,18)(H2,15,17,19,20). The lowest BCUT2D eigenvalue weighted by Crippen LogP contribution is -2.26. The number of hydrogen-bond donors (Lipinski definition) is 3. The molecule has 0 fully saturated rings. The molecule has 1 aromatic carbocycles. The van der Waals surface area contributed by atoms with E-state index in [0.29, 0.717) is 12.2 Å². The molecule has 0 atom stereocenters. The largest absolute Gasteiger partial charge is 0.496 e. The highest BCUT2D eigenvalue weighted by Crippen LogP contribution is 2.18. The van der Waals surface area contributed by atoms with Gasteiger partial charge in [0.2, 0.25) is 5.91 Å². The number of methoxy groups -OCH3 is 1. The molecule has 110 valence electrons. The molecule has 7 heteroatoms. The smallest absolute Gasteiger partial charge is 0.325 e. The van der Waals surface area contributed by atoms with Crippen LogP contribution in [0.5, 0.6) is 5.75 Å². The van der Waals surface area contributed by atoms with Crippen LogP contribution >= 0.6 is 0 Å². The summed E-state index contributed by atoms with van der Waals surface area (Å²) >= 11 is 0. The van der Waals surface area contributed by atoms with Gasteiger partial charge in [-0.1, -0.05) is 18.2 Å². The molecule has 1 heterocycles. The molecule has 0 bridgehead atoms. The highest BCUT2D eigenvalue weighted by atomic mass is 16.5. The number of aromatic amines is 2. The van der Waals surface area contributed by atoms with E-state index in [1.165, 1.54) is 6.20 Å². The number of anilines is 1. The molecule has 2 aromatic rings. The van der Waals surface area contributed by atoms with E-state index in [0.717, 1.165) is 5.56 Å². The Hall–Kier alpha value is -2.83. The van der Waals surface area contributed by atoms with Gasteiger partial charge in [0.25, 0.3) is 5.56 Å². The minimum Gasteiger partial charge on any atom is -0.496 e. The normalized spacial score (nSPS) is 10.1. The number of carbonyl (C=O) groups is 1. The van der Waals surface area contributed by atoms with Crippen molar-refractivity contribution >= 4 is 11.6 Å². The maximum Gasteiger partial charge on any atom is 0.325 e. The van der Waals surface area contributed by atoms with Crippen LogP contribution in [0.4, 0.5) is 5.69 Å². The first-order chi connectivity index (χ1) is 10.1. The summed E-state index contributed by atoms with van der Waals surface area (Å²) in [6.45, 7) is 0. The van der Waals surface area contributed by atoms with Crippen LogP contribution in [0.3, 0.4) is 0 Å². The molecule has 0 spiro atoms. The van der Waals surface area contributed by atoms with Gasteiger partial charge in [0.05, 0.1) is 7.11 Å². The second kappa shape index (κ2) is 6.56. The van der Waals surface area contributed by atoms with Gasteiger partial charge < -0.3 is 15.0 Å². The van der Waals surface area contributed by atoms with E-state index in [9.17, 15) is 14.4 Å². The zero-order chi connectivity index (χ0) is 15.2. The molecule has 0 unspecified atom stereocenters. The molecule has 1 aromatic heterocycles. The molecule has 0 saturated carbocycles. The Balaban J connectivity index is 1.99. The van der Waals surface area contributed by atoms with Crippen LogP contribution < -0.4 is 21.3 Å². The third-order valence-electron chi connectivity index (χ3n) is 2.91. The van der Waals surface area contributed by atoms with Gasteiger partial charge in [0.1, 0.15) is 11.4 Å². The maximum absolute atomic E-state index is 11.8. The number of H-pyrrole nitrogens is 2. The second-order valence-electron chi connectivity index (χ2n) is 4.35. The minimum absolute atomic E-state index is 0.0135. The molecule has 0 aliphatic heterocycles. The Morgan fingerprint density at radius 1 is 1.29 bits per heavy atom. The van der Waals surface area contributed by atoms with Gasteiger partial charge in [-0.05, 0) is 18.1 Å². The Labute approximate surface area is 120 Å². The highest BCUT2D eigenvalue weighted by molar-refractivity contribution is 5.90. The third kappa shape index (κ3) is 3.82. The van der Waals surface area contributed by atoms with Crippen LogP contribution in [0.2, 0.25) is 0 Å². The van der Waals surface area contributed by atoms with E-state index in [-0.39, 0.29) is 18.0 Å². The molecule has 7 nitrogen and oxygen atoms in total. The number of ether oxygens (including phenoxy) is 1. The lowest BCUT2D eigenvalue weighted by atomic mass is 10.1. The van der Waals surface area contributed by atoms with Crippen LogP contribution in [0.1, 0.15) is 12.0 Å². The third-order valence-corrected chi connectivity index (χ3v) is 2.91. The number of nitrogens with one attached hydrogen (secondary N) is 3. The van der Waals surface area contributed by atoms with Gasteiger partial charge in [0.15, 0.2) is 0 Å². The Kier molecular flexibility index (Phi) is 4.55. The summed E-state index contributed by atoms with van der Waals surface area (Å²) in [4.78, 5) is 38.5. The van der Waals surface area contributed by atoms with Gasteiger partial charge >= 0.3 is 5.69 Å². The summed E-state index contributed by atoms with van der Waals surface area (Å²) in [5, 5.41) is 2.45. The number of aryl methyl sites for hydroxylation is 1. The zero-order valence-electron chi connectivity index (χ0n) is 11.4. The summed E-state index contributed by atoms with van der Waals surface area (Å²) in [6, 6.07) is 7.41. The molecule has 3 N–H and O–H groups in total. The molecule has 0 radical (unpaired) electrons. The van der Waals surface area contributed by atoms with Crippen molar-refractivity contribution in [2.75, 3.05) is 12.4 Å². The molecule has 1 amide bonds. The first kappa shape index (κ1) is 14.6. The minimum atomic E-state index is -0.635. The van der Waals surface area contributed by atoms with Crippen LogP contribution in [0, 0.1) is 0 Å². The lowest BCUT2D eigenvalue weighted by Gasteiger charge is -2.08. The van der Waals surface area contributed by atoms with Crippen molar-refractivity contribution in [2.24, 2.45) is 0 Å². The number of rotatable bonds is 5. The molecular weight excluding hydrogens is 274 g/mol. The Bertz CT molecular complexity index is 748. The number of para-hydroxylation sites is 1. The van der Waals surface area contributed by atoms with Crippen molar-refractivity contribution in [3.8, 4) is 5.75 Å². The van der Waals surface area contributed by atoms with Gasteiger partial charge in [-0.2, -0.15) is 0 Å². The van der Waals surface area contributed by atoms with Crippen LogP contribution in [-0.4, -0.2) is 23.0 Å². The van der Waals surface area contributed by atoms with E-state index >= 15 is 0 Å².